The summed E-state index contributed by atoms with van der Waals surface area (Å²) < 4.78 is 123. The molecule has 0 aliphatic carbocycles. The van der Waals surface area contributed by atoms with Crippen molar-refractivity contribution in [2.45, 2.75) is 57.5 Å². The van der Waals surface area contributed by atoms with Gasteiger partial charge in [0.25, 0.3) is 0 Å². The van der Waals surface area contributed by atoms with Crippen molar-refractivity contribution in [1.82, 2.24) is 0 Å². The number of benzene rings is 5. The van der Waals surface area contributed by atoms with Crippen molar-refractivity contribution in [2.75, 3.05) is 0 Å². The van der Waals surface area contributed by atoms with Gasteiger partial charge in [0.15, 0.2) is 0 Å². The molecule has 0 radical (unpaired) electrons. The number of halogens is 10. The summed E-state index contributed by atoms with van der Waals surface area (Å²) in [7, 11) is 0. The van der Waals surface area contributed by atoms with E-state index in [1.165, 1.54) is 29.3 Å². The van der Waals surface area contributed by atoms with Crippen molar-refractivity contribution in [3.05, 3.63) is 150 Å². The van der Waals surface area contributed by atoms with Gasteiger partial charge in [0, 0.05) is 0 Å². The van der Waals surface area contributed by atoms with Crippen molar-refractivity contribution >= 4 is 22.5 Å². The van der Waals surface area contributed by atoms with Gasteiger partial charge in [-0.25, -0.2) is 0 Å². The lowest BCUT2D eigenvalue weighted by atomic mass is 9.14. The van der Waals surface area contributed by atoms with Crippen LogP contribution in [0.5, 0.6) is 0 Å². The molecule has 0 nitrogen and oxygen atoms in total. The molecule has 0 amide bonds. The number of hydrogen-bond donors (Lipinski definition) is 0. The molecule has 5 rings (SSSR count). The van der Waals surface area contributed by atoms with Gasteiger partial charge in [-0.3, -0.25) is 0 Å². The van der Waals surface area contributed by atoms with Crippen LogP contribution in [0.3, 0.4) is 0 Å². The topological polar surface area (TPSA) is 0 Å². The highest BCUT2D eigenvalue weighted by molar-refractivity contribution is 7.11. The van der Waals surface area contributed by atoms with E-state index in [4.69, 9.17) is 0 Å². The second-order valence-corrected chi connectivity index (χ2v) is 12.0. The minimum Gasteiger partial charge on any atom is -0.199 e. The predicted molar refractivity (Wildman–Crippen MR) is 183 cm³/mol. The average molecular weight is 814 g/mol. The SMILES string of the molecule is CCCCCC[B-](c1cccc(C(F)(F)F)c1)(c1cccc(C(F)(F)F)c1)c1cccc(C(F)(F)F)c1.[IH2+].c1ccc(-c2ccccc2)cc1. The molecule has 0 N–H and O–H groups in total. The van der Waals surface area contributed by atoms with Crippen LogP contribution in [0.2, 0.25) is 6.32 Å². The largest absolute Gasteiger partial charge is 0.416 e. The first kappa shape index (κ1) is 40.7. The van der Waals surface area contributed by atoms with Gasteiger partial charge in [0.05, 0.1) is 22.8 Å². The smallest absolute Gasteiger partial charge is 0.199 e. The van der Waals surface area contributed by atoms with Crippen molar-refractivity contribution in [1.29, 1.82) is 0 Å². The lowest BCUT2D eigenvalue weighted by molar-refractivity contribution is -0.138. The van der Waals surface area contributed by atoms with Crippen LogP contribution < -0.4 is 40.4 Å². The third kappa shape index (κ3) is 10.4. The van der Waals surface area contributed by atoms with E-state index in [1.54, 1.807) is 0 Å². The second-order valence-electron chi connectivity index (χ2n) is 12.0. The molecule has 0 fully saturated rings. The van der Waals surface area contributed by atoms with E-state index < -0.39 is 41.4 Å². The van der Waals surface area contributed by atoms with Crippen molar-refractivity contribution in [3.8, 4) is 11.1 Å². The van der Waals surface area contributed by atoms with Crippen LogP contribution in [0.1, 0.15) is 49.3 Å². The maximum Gasteiger partial charge on any atom is 0.416 e. The van der Waals surface area contributed by atoms with E-state index in [0.717, 1.165) is 67.4 Å². The Hall–Kier alpha value is -3.74. The molecule has 0 aliphatic heterocycles. The lowest BCUT2D eigenvalue weighted by Gasteiger charge is -2.44. The monoisotopic (exact) mass is 814 g/mol. The molecule has 50 heavy (non-hydrogen) atoms. The maximum absolute atomic E-state index is 13.7. The lowest BCUT2D eigenvalue weighted by Crippen LogP contribution is -3.00. The summed E-state index contributed by atoms with van der Waals surface area (Å²) in [6, 6.07) is 33.3. The molecule has 5 aromatic carbocycles. The molecule has 0 saturated heterocycles. The van der Waals surface area contributed by atoms with E-state index in [2.05, 4.69) is 48.5 Å². The maximum atomic E-state index is 13.7. The van der Waals surface area contributed by atoms with Gasteiger partial charge in [-0.15, -0.1) is 0 Å². The first-order chi connectivity index (χ1) is 23.2. The zero-order valence-corrected chi connectivity index (χ0v) is 29.7. The van der Waals surface area contributed by atoms with Crippen LogP contribution in [-0.2, 0) is 18.5 Å². The van der Waals surface area contributed by atoms with Crippen LogP contribution in [0.4, 0.5) is 39.5 Å². The number of unbranched alkanes of at least 4 members (excludes halogenated alkanes) is 3. The Morgan fingerprint density at radius 3 is 1.06 bits per heavy atom. The summed E-state index contributed by atoms with van der Waals surface area (Å²) in [5.74, 6) is 0. The van der Waals surface area contributed by atoms with Gasteiger partial charge in [-0.1, -0.05) is 166 Å². The fraction of sp³-hybridized carbons (Fsp3) is 0.231. The molecule has 266 valence electrons. The third-order valence-corrected chi connectivity index (χ3v) is 8.72. The fourth-order valence-corrected chi connectivity index (χ4v) is 6.28. The van der Waals surface area contributed by atoms with E-state index in [-0.39, 0.29) is 46.7 Å². The average Bonchev–Trinajstić information content (AvgIpc) is 3.09. The van der Waals surface area contributed by atoms with E-state index in [9.17, 15) is 39.5 Å². The first-order valence-electron chi connectivity index (χ1n) is 16.0. The molecule has 5 aromatic rings. The van der Waals surface area contributed by atoms with Gasteiger partial charge in [-0.2, -0.15) is 62.2 Å². The Morgan fingerprint density at radius 2 is 0.760 bits per heavy atom. The second kappa shape index (κ2) is 17.5. The molecule has 0 bridgehead atoms. The first-order valence-corrected chi connectivity index (χ1v) is 16.0. The summed E-state index contributed by atoms with van der Waals surface area (Å²) in [6.07, 6.45) is -14.2. The van der Waals surface area contributed by atoms with E-state index >= 15 is 0 Å². The summed E-state index contributed by atoms with van der Waals surface area (Å²) in [5.41, 5.74) is -0.424. The standard InChI is InChI=1S/C27H25BF9.C12H10.H2I/c1-2-3-4-5-15-28(22-12-6-9-19(16-22)25(29,30)31,23-13-7-10-20(17-23)26(32,33)34)24-14-8-11-21(18-24)27(35,36)37;1-3-7-11(8-4-1)12-9-5-2-6-10-12;/h6-14,16-18H,2-5,15H2,1H3;1-10H;1H2/q-1;;+1. The fourth-order valence-electron chi connectivity index (χ4n) is 6.28. The van der Waals surface area contributed by atoms with Crippen molar-refractivity contribution in [3.63, 3.8) is 0 Å². The normalized spacial score (nSPS) is 12.0. The van der Waals surface area contributed by atoms with Gasteiger partial charge >= 0.3 is 18.5 Å². The van der Waals surface area contributed by atoms with Gasteiger partial charge in [0.1, 0.15) is 0 Å². The van der Waals surface area contributed by atoms with Gasteiger partial charge < -0.3 is 0 Å². The van der Waals surface area contributed by atoms with Crippen LogP contribution in [0.15, 0.2) is 133 Å². The Kier molecular flexibility index (Phi) is 14.2. The molecule has 0 atom stereocenters. The van der Waals surface area contributed by atoms with Crippen LogP contribution in [0, 0.1) is 0 Å². The summed E-state index contributed by atoms with van der Waals surface area (Å²) in [4.78, 5) is 0. The number of alkyl halides is 9. The quantitative estimate of drug-likeness (QED) is 0.0623. The molecular weight excluding hydrogens is 777 g/mol. The van der Waals surface area contributed by atoms with Gasteiger partial charge in [-0.05, 0) is 11.1 Å². The Bertz CT molecular complexity index is 1590. The predicted octanol–water partition coefficient (Wildman–Crippen LogP) is 7.62. The Morgan fingerprint density at radius 1 is 0.420 bits per heavy atom. The van der Waals surface area contributed by atoms with E-state index in [0.29, 0.717) is 12.8 Å². The van der Waals surface area contributed by atoms with Gasteiger partial charge in [0.2, 0.25) is 24.0 Å². The summed E-state index contributed by atoms with van der Waals surface area (Å²) in [6.45, 7) is 1.94. The molecule has 0 heterocycles. The molecule has 0 aliphatic rings. The molecule has 0 aromatic heterocycles. The van der Waals surface area contributed by atoms with Crippen LogP contribution in [-0.4, -0.2) is 6.15 Å². The Balaban J connectivity index is 0.000000434. The van der Waals surface area contributed by atoms with Crippen LogP contribution in [0.25, 0.3) is 11.1 Å². The zero-order valence-electron chi connectivity index (χ0n) is 27.2. The zero-order chi connectivity index (χ0) is 35.7. The molecule has 11 heteroatoms. The summed E-state index contributed by atoms with van der Waals surface area (Å²) >= 11 is 0. The highest BCUT2D eigenvalue weighted by Gasteiger charge is 2.38. The van der Waals surface area contributed by atoms with Crippen molar-refractivity contribution < 1.29 is 63.5 Å². The summed E-state index contributed by atoms with van der Waals surface area (Å²) in [5, 5.41) is 0. The van der Waals surface area contributed by atoms with Crippen molar-refractivity contribution in [2.24, 2.45) is 0 Å². The van der Waals surface area contributed by atoms with Crippen LogP contribution >= 0.6 is 0 Å². The Labute approximate surface area is 303 Å². The minimum absolute atomic E-state index is 0. The third-order valence-electron chi connectivity index (χ3n) is 8.72. The molecule has 0 spiro atoms. The highest BCUT2D eigenvalue weighted by Crippen LogP contribution is 2.33. The molecular formula is C39H37BF9I. The van der Waals surface area contributed by atoms with E-state index in [1.807, 2.05) is 19.1 Å². The molecule has 0 saturated carbocycles. The number of rotatable bonds is 9. The molecule has 0 unspecified atom stereocenters. The number of hydrogen-bond acceptors (Lipinski definition) is 0. The minimum atomic E-state index is -4.75. The highest BCUT2D eigenvalue weighted by atomic mass is 127.